The van der Waals surface area contributed by atoms with Gasteiger partial charge in [-0.3, -0.25) is 4.79 Å². The summed E-state index contributed by atoms with van der Waals surface area (Å²) in [6.45, 7) is 5.93. The number of piperidine rings is 1. The van der Waals surface area contributed by atoms with Gasteiger partial charge in [0.15, 0.2) is 5.65 Å². The van der Waals surface area contributed by atoms with E-state index < -0.39 is 0 Å². The van der Waals surface area contributed by atoms with Crippen molar-refractivity contribution in [2.45, 2.75) is 26.7 Å². The molecular weight excluding hydrogens is 268 g/mol. The van der Waals surface area contributed by atoms with E-state index in [-0.39, 0.29) is 11.9 Å². The largest absolute Gasteiger partial charge is 0.466 e. The van der Waals surface area contributed by atoms with Gasteiger partial charge in [-0.2, -0.15) is 9.61 Å². The lowest BCUT2D eigenvalue weighted by Gasteiger charge is -2.33. The molecule has 6 heteroatoms. The summed E-state index contributed by atoms with van der Waals surface area (Å²) in [6.07, 6.45) is 3.43. The smallest absolute Gasteiger partial charge is 0.310 e. The third kappa shape index (κ3) is 2.70. The number of hydrogen-bond donors (Lipinski definition) is 0. The van der Waals surface area contributed by atoms with Crippen molar-refractivity contribution < 1.29 is 9.53 Å². The molecule has 112 valence electrons. The Morgan fingerprint density at radius 3 is 3.14 bits per heavy atom. The molecule has 3 rings (SSSR count). The van der Waals surface area contributed by atoms with Gasteiger partial charge in [-0.1, -0.05) is 0 Å². The minimum Gasteiger partial charge on any atom is -0.466 e. The number of carbonyl (C=O) groups is 1. The predicted molar refractivity (Wildman–Crippen MR) is 79.3 cm³/mol. The number of aryl methyl sites for hydroxylation is 1. The Kier molecular flexibility index (Phi) is 3.77. The second kappa shape index (κ2) is 5.71. The summed E-state index contributed by atoms with van der Waals surface area (Å²) in [4.78, 5) is 18.4. The number of pyridine rings is 1. The molecule has 1 atom stereocenters. The first kappa shape index (κ1) is 13.9. The number of ether oxygens (including phenoxy) is 1. The first-order chi connectivity index (χ1) is 10.2. The van der Waals surface area contributed by atoms with Crippen LogP contribution in [0, 0.1) is 12.8 Å². The van der Waals surface area contributed by atoms with E-state index in [1.807, 2.05) is 24.4 Å². The number of carbonyl (C=O) groups excluding carboxylic acids is 1. The fraction of sp³-hybridized carbons (Fsp3) is 0.533. The van der Waals surface area contributed by atoms with Gasteiger partial charge < -0.3 is 9.64 Å². The van der Waals surface area contributed by atoms with Crippen LogP contribution in [0.1, 0.15) is 25.3 Å². The van der Waals surface area contributed by atoms with Crippen LogP contribution in [0.25, 0.3) is 5.65 Å². The van der Waals surface area contributed by atoms with E-state index in [1.54, 1.807) is 6.33 Å². The zero-order valence-electron chi connectivity index (χ0n) is 12.5. The molecular formula is C15H20N4O2. The van der Waals surface area contributed by atoms with Crippen LogP contribution in [0.2, 0.25) is 0 Å². The Morgan fingerprint density at radius 1 is 1.48 bits per heavy atom. The van der Waals surface area contributed by atoms with Crippen LogP contribution in [0.4, 0.5) is 5.82 Å². The highest BCUT2D eigenvalue weighted by atomic mass is 16.5. The first-order valence-electron chi connectivity index (χ1n) is 7.41. The molecule has 0 spiro atoms. The molecule has 1 aliphatic rings. The quantitative estimate of drug-likeness (QED) is 0.806. The van der Waals surface area contributed by atoms with Crippen LogP contribution in [-0.2, 0) is 9.53 Å². The zero-order chi connectivity index (χ0) is 14.8. The number of aromatic nitrogens is 3. The molecule has 0 bridgehead atoms. The van der Waals surface area contributed by atoms with Crippen molar-refractivity contribution in [1.82, 2.24) is 14.6 Å². The molecule has 0 aliphatic carbocycles. The highest BCUT2D eigenvalue weighted by Gasteiger charge is 2.28. The van der Waals surface area contributed by atoms with E-state index in [9.17, 15) is 4.79 Å². The van der Waals surface area contributed by atoms with E-state index in [2.05, 4.69) is 21.0 Å². The minimum absolute atomic E-state index is 0.0576. The number of fused-ring (bicyclic) bond motifs is 1. The monoisotopic (exact) mass is 288 g/mol. The highest BCUT2D eigenvalue weighted by molar-refractivity contribution is 5.73. The molecule has 1 fully saturated rings. The van der Waals surface area contributed by atoms with Crippen molar-refractivity contribution in [3.05, 3.63) is 24.0 Å². The third-order valence-corrected chi connectivity index (χ3v) is 3.87. The Labute approximate surface area is 123 Å². The lowest BCUT2D eigenvalue weighted by Crippen LogP contribution is -2.40. The third-order valence-electron chi connectivity index (χ3n) is 3.87. The number of rotatable bonds is 3. The summed E-state index contributed by atoms with van der Waals surface area (Å²) in [7, 11) is 0. The van der Waals surface area contributed by atoms with Crippen LogP contribution in [0.15, 0.2) is 18.5 Å². The summed E-state index contributed by atoms with van der Waals surface area (Å²) in [6, 6.07) is 4.10. The Hall–Kier alpha value is -2.11. The average molecular weight is 288 g/mol. The van der Waals surface area contributed by atoms with E-state index in [1.165, 1.54) is 0 Å². The molecule has 0 aromatic carbocycles. The molecule has 3 heterocycles. The number of esters is 1. The van der Waals surface area contributed by atoms with Gasteiger partial charge in [-0.05, 0) is 44.4 Å². The van der Waals surface area contributed by atoms with Gasteiger partial charge in [0.25, 0.3) is 0 Å². The zero-order valence-corrected chi connectivity index (χ0v) is 12.5. The summed E-state index contributed by atoms with van der Waals surface area (Å²) in [5.41, 5.74) is 1.98. The van der Waals surface area contributed by atoms with Crippen LogP contribution >= 0.6 is 0 Å². The highest BCUT2D eigenvalue weighted by Crippen LogP contribution is 2.25. The molecule has 1 saturated heterocycles. The van der Waals surface area contributed by atoms with Gasteiger partial charge in [-0.15, -0.1) is 0 Å². The van der Waals surface area contributed by atoms with Crippen LogP contribution in [0.5, 0.6) is 0 Å². The molecule has 21 heavy (non-hydrogen) atoms. The molecule has 1 aliphatic heterocycles. The van der Waals surface area contributed by atoms with Crippen LogP contribution in [-0.4, -0.2) is 40.3 Å². The Morgan fingerprint density at radius 2 is 2.33 bits per heavy atom. The van der Waals surface area contributed by atoms with Gasteiger partial charge in [0.2, 0.25) is 0 Å². The standard InChI is InChI=1S/C15H20N4O2/c1-3-21-15(20)12-5-4-6-18(9-12)14-8-11(2)7-13-16-10-17-19(13)14/h7-8,10,12H,3-6,9H2,1-2H3. The van der Waals surface area contributed by atoms with Crippen molar-refractivity contribution in [2.24, 2.45) is 5.92 Å². The molecule has 1 unspecified atom stereocenters. The number of hydrogen-bond acceptors (Lipinski definition) is 5. The summed E-state index contributed by atoms with van der Waals surface area (Å²) < 4.78 is 7.00. The van der Waals surface area contributed by atoms with E-state index >= 15 is 0 Å². The Balaban J connectivity index is 1.88. The lowest BCUT2D eigenvalue weighted by atomic mass is 9.98. The van der Waals surface area contributed by atoms with E-state index in [0.717, 1.165) is 36.4 Å². The van der Waals surface area contributed by atoms with Gasteiger partial charge in [0, 0.05) is 13.1 Å². The van der Waals surface area contributed by atoms with E-state index in [4.69, 9.17) is 4.74 Å². The number of nitrogens with zero attached hydrogens (tertiary/aromatic N) is 4. The molecule has 2 aromatic rings. The van der Waals surface area contributed by atoms with Crippen molar-refractivity contribution in [2.75, 3.05) is 24.6 Å². The summed E-state index contributed by atoms with van der Waals surface area (Å²) in [5, 5.41) is 4.29. The molecule has 0 amide bonds. The molecule has 0 N–H and O–H groups in total. The van der Waals surface area contributed by atoms with Gasteiger partial charge >= 0.3 is 5.97 Å². The summed E-state index contributed by atoms with van der Waals surface area (Å²) in [5.74, 6) is 0.846. The molecule has 0 radical (unpaired) electrons. The maximum Gasteiger partial charge on any atom is 0.310 e. The topological polar surface area (TPSA) is 59.7 Å². The fourth-order valence-corrected chi connectivity index (χ4v) is 2.90. The minimum atomic E-state index is -0.0929. The SMILES string of the molecule is CCOC(=O)C1CCCN(c2cc(C)cc3ncnn23)C1. The predicted octanol–water partition coefficient (Wildman–Crippen LogP) is 1.82. The average Bonchev–Trinajstić information content (AvgIpc) is 2.95. The van der Waals surface area contributed by atoms with Gasteiger partial charge in [0.1, 0.15) is 12.1 Å². The normalized spacial score (nSPS) is 19.0. The van der Waals surface area contributed by atoms with Gasteiger partial charge in [-0.25, -0.2) is 4.98 Å². The second-order valence-corrected chi connectivity index (χ2v) is 5.46. The molecule has 6 nitrogen and oxygen atoms in total. The fourth-order valence-electron chi connectivity index (χ4n) is 2.90. The second-order valence-electron chi connectivity index (χ2n) is 5.46. The maximum atomic E-state index is 12.0. The van der Waals surface area contributed by atoms with Crippen molar-refractivity contribution in [1.29, 1.82) is 0 Å². The van der Waals surface area contributed by atoms with Crippen molar-refractivity contribution in [3.63, 3.8) is 0 Å². The molecule has 2 aromatic heterocycles. The number of anilines is 1. The summed E-state index contributed by atoms with van der Waals surface area (Å²) >= 11 is 0. The maximum absolute atomic E-state index is 12.0. The van der Waals surface area contributed by atoms with Crippen molar-refractivity contribution in [3.8, 4) is 0 Å². The lowest BCUT2D eigenvalue weighted by molar-refractivity contribution is -0.148. The van der Waals surface area contributed by atoms with Crippen molar-refractivity contribution >= 4 is 17.4 Å². The Bertz CT molecular complexity index is 652. The van der Waals surface area contributed by atoms with Gasteiger partial charge in [0.05, 0.1) is 12.5 Å². The van der Waals surface area contributed by atoms with Crippen LogP contribution in [0.3, 0.4) is 0 Å². The first-order valence-corrected chi connectivity index (χ1v) is 7.41. The van der Waals surface area contributed by atoms with E-state index in [0.29, 0.717) is 13.2 Å². The molecule has 0 saturated carbocycles. The van der Waals surface area contributed by atoms with Crippen LogP contribution < -0.4 is 4.90 Å².